The highest BCUT2D eigenvalue weighted by atomic mass is 16.5. The first kappa shape index (κ1) is 17.3. The third-order valence-corrected chi connectivity index (χ3v) is 4.24. The molecule has 23 heavy (non-hydrogen) atoms. The highest BCUT2D eigenvalue weighted by Crippen LogP contribution is 2.26. The minimum atomic E-state index is -0.789. The lowest BCUT2D eigenvalue weighted by molar-refractivity contribution is -0.138. The van der Waals surface area contributed by atoms with E-state index in [1.807, 2.05) is 0 Å². The largest absolute Gasteiger partial charge is 0.497 e. The van der Waals surface area contributed by atoms with Gasteiger partial charge in [-0.15, -0.1) is 0 Å². The van der Waals surface area contributed by atoms with Gasteiger partial charge in [0.2, 0.25) is 0 Å². The minimum Gasteiger partial charge on any atom is -0.497 e. The number of ether oxygens (including phenoxy) is 2. The van der Waals surface area contributed by atoms with Crippen molar-refractivity contribution in [2.45, 2.75) is 31.7 Å². The first-order chi connectivity index (χ1) is 11.0. The van der Waals surface area contributed by atoms with E-state index < -0.39 is 5.97 Å². The highest BCUT2D eigenvalue weighted by Gasteiger charge is 2.27. The maximum atomic E-state index is 12.5. The van der Waals surface area contributed by atoms with E-state index >= 15 is 0 Å². The number of rotatable bonds is 8. The van der Waals surface area contributed by atoms with E-state index in [0.717, 1.165) is 19.4 Å². The molecule has 0 amide bonds. The first-order valence-corrected chi connectivity index (χ1v) is 7.76. The van der Waals surface area contributed by atoms with Gasteiger partial charge in [-0.3, -0.25) is 14.5 Å². The van der Waals surface area contributed by atoms with Crippen molar-refractivity contribution < 1.29 is 24.2 Å². The molecule has 0 spiro atoms. The Morgan fingerprint density at radius 3 is 2.74 bits per heavy atom. The van der Waals surface area contributed by atoms with Crippen LogP contribution in [0.5, 0.6) is 11.5 Å². The summed E-state index contributed by atoms with van der Waals surface area (Å²) in [6.45, 7) is 1.41. The molecule has 0 bridgehead atoms. The number of hydrogen-bond donors (Lipinski definition) is 1. The lowest BCUT2D eigenvalue weighted by Crippen LogP contribution is -2.33. The number of carbonyl (C=O) groups excluding carboxylic acids is 1. The van der Waals surface area contributed by atoms with E-state index in [9.17, 15) is 9.59 Å². The van der Waals surface area contributed by atoms with E-state index in [-0.39, 0.29) is 18.2 Å². The number of carbonyl (C=O) groups is 2. The van der Waals surface area contributed by atoms with E-state index in [2.05, 4.69) is 4.90 Å². The molecule has 1 fully saturated rings. The molecule has 2 rings (SSSR count). The van der Waals surface area contributed by atoms with Gasteiger partial charge in [0, 0.05) is 19.0 Å². The van der Waals surface area contributed by atoms with Crippen LogP contribution >= 0.6 is 0 Å². The van der Waals surface area contributed by atoms with Crippen molar-refractivity contribution in [3.63, 3.8) is 0 Å². The van der Waals surface area contributed by atoms with Gasteiger partial charge < -0.3 is 14.6 Å². The Kier molecular flexibility index (Phi) is 5.98. The summed E-state index contributed by atoms with van der Waals surface area (Å²) in [5.74, 6) is 0.322. The molecule has 1 saturated heterocycles. The van der Waals surface area contributed by atoms with Gasteiger partial charge in [-0.25, -0.2) is 0 Å². The second kappa shape index (κ2) is 7.97. The van der Waals surface area contributed by atoms with Crippen molar-refractivity contribution in [2.24, 2.45) is 0 Å². The Labute approximate surface area is 136 Å². The molecular formula is C17H23NO5. The fraction of sp³-hybridized carbons (Fsp3) is 0.529. The van der Waals surface area contributed by atoms with Crippen LogP contribution in [0, 0.1) is 0 Å². The Bertz CT molecular complexity index is 572. The van der Waals surface area contributed by atoms with E-state index in [1.54, 1.807) is 25.3 Å². The smallest absolute Gasteiger partial charge is 0.304 e. The van der Waals surface area contributed by atoms with Crippen LogP contribution in [0.4, 0.5) is 0 Å². The summed E-state index contributed by atoms with van der Waals surface area (Å²) in [4.78, 5) is 25.5. The Hall–Kier alpha value is -2.08. The molecule has 1 aromatic rings. The minimum absolute atomic E-state index is 0.0262. The number of benzene rings is 1. The van der Waals surface area contributed by atoms with Gasteiger partial charge in [0.15, 0.2) is 5.78 Å². The summed E-state index contributed by atoms with van der Waals surface area (Å²) in [5, 5.41) is 8.95. The van der Waals surface area contributed by atoms with Crippen molar-refractivity contribution in [3.05, 3.63) is 23.8 Å². The van der Waals surface area contributed by atoms with Crippen LogP contribution in [0.3, 0.4) is 0 Å². The maximum absolute atomic E-state index is 12.5. The molecule has 126 valence electrons. The fourth-order valence-corrected chi connectivity index (χ4v) is 3.03. The topological polar surface area (TPSA) is 76.1 Å². The van der Waals surface area contributed by atoms with Gasteiger partial charge in [-0.2, -0.15) is 0 Å². The van der Waals surface area contributed by atoms with Gasteiger partial charge in [0.1, 0.15) is 11.5 Å². The molecule has 1 atom stereocenters. The second-order valence-electron chi connectivity index (χ2n) is 5.67. The van der Waals surface area contributed by atoms with Gasteiger partial charge >= 0.3 is 5.97 Å². The van der Waals surface area contributed by atoms with Crippen molar-refractivity contribution in [2.75, 3.05) is 27.3 Å². The number of likely N-dealkylation sites (tertiary alicyclic amines) is 1. The van der Waals surface area contributed by atoms with Crippen molar-refractivity contribution >= 4 is 11.8 Å². The summed E-state index contributed by atoms with van der Waals surface area (Å²) in [5.41, 5.74) is 0.501. The summed E-state index contributed by atoms with van der Waals surface area (Å²) < 4.78 is 10.4. The molecule has 0 aromatic heterocycles. The monoisotopic (exact) mass is 321 g/mol. The Morgan fingerprint density at radius 1 is 1.30 bits per heavy atom. The van der Waals surface area contributed by atoms with Crippen LogP contribution in [0.15, 0.2) is 18.2 Å². The molecule has 1 heterocycles. The second-order valence-corrected chi connectivity index (χ2v) is 5.67. The van der Waals surface area contributed by atoms with Crippen molar-refractivity contribution in [1.29, 1.82) is 0 Å². The predicted molar refractivity (Wildman–Crippen MR) is 85.3 cm³/mol. The molecule has 6 heteroatoms. The summed E-state index contributed by atoms with van der Waals surface area (Å²) in [6.07, 6.45) is 2.33. The number of carboxylic acids is 1. The third-order valence-electron chi connectivity index (χ3n) is 4.24. The van der Waals surface area contributed by atoms with Crippen LogP contribution in [0.25, 0.3) is 0 Å². The van der Waals surface area contributed by atoms with Crippen molar-refractivity contribution in [1.82, 2.24) is 4.90 Å². The third kappa shape index (κ3) is 4.45. The van der Waals surface area contributed by atoms with Gasteiger partial charge in [0.25, 0.3) is 0 Å². The molecule has 0 radical (unpaired) electrons. The lowest BCUT2D eigenvalue weighted by Gasteiger charge is -2.22. The Balaban J connectivity index is 2.00. The number of methoxy groups -OCH3 is 2. The standard InChI is InChI=1S/C17H23NO5/c1-22-13-5-6-16(23-2)14(11-13)15(19)7-9-18-8-3-4-12(18)10-17(20)21/h5-6,11-12H,3-4,7-10H2,1-2H3,(H,20,21). The van der Waals surface area contributed by atoms with Gasteiger partial charge in [-0.1, -0.05) is 0 Å². The van der Waals surface area contributed by atoms with Crippen molar-refractivity contribution in [3.8, 4) is 11.5 Å². The van der Waals surface area contributed by atoms with E-state index in [1.165, 1.54) is 7.11 Å². The number of hydrogen-bond acceptors (Lipinski definition) is 5. The van der Waals surface area contributed by atoms with Gasteiger partial charge in [-0.05, 0) is 37.6 Å². The molecule has 1 aromatic carbocycles. The summed E-state index contributed by atoms with van der Waals surface area (Å²) >= 11 is 0. The lowest BCUT2D eigenvalue weighted by atomic mass is 10.1. The fourth-order valence-electron chi connectivity index (χ4n) is 3.03. The molecule has 1 aliphatic heterocycles. The maximum Gasteiger partial charge on any atom is 0.304 e. The number of Topliss-reactive ketones (excluding diaryl/α,β-unsaturated/α-hetero) is 1. The molecule has 0 saturated carbocycles. The Morgan fingerprint density at radius 2 is 2.09 bits per heavy atom. The number of carboxylic acid groups (broad SMARTS) is 1. The van der Waals surface area contributed by atoms with E-state index in [0.29, 0.717) is 30.0 Å². The normalized spacial score (nSPS) is 17.9. The van der Waals surface area contributed by atoms with E-state index in [4.69, 9.17) is 14.6 Å². The zero-order valence-corrected chi connectivity index (χ0v) is 13.6. The first-order valence-electron chi connectivity index (χ1n) is 7.76. The van der Waals surface area contributed by atoms with Crippen LogP contribution in [0.2, 0.25) is 0 Å². The molecular weight excluding hydrogens is 298 g/mol. The summed E-state index contributed by atoms with van der Waals surface area (Å²) in [6, 6.07) is 5.18. The van der Waals surface area contributed by atoms with Crippen LogP contribution < -0.4 is 9.47 Å². The van der Waals surface area contributed by atoms with Crippen LogP contribution in [-0.4, -0.2) is 55.1 Å². The van der Waals surface area contributed by atoms with Gasteiger partial charge in [0.05, 0.1) is 26.2 Å². The number of ketones is 1. The zero-order chi connectivity index (χ0) is 16.8. The molecule has 1 aliphatic rings. The zero-order valence-electron chi connectivity index (χ0n) is 13.6. The predicted octanol–water partition coefficient (Wildman–Crippen LogP) is 2.22. The molecule has 1 N–H and O–H groups in total. The molecule has 1 unspecified atom stereocenters. The van der Waals surface area contributed by atoms with Crippen LogP contribution in [0.1, 0.15) is 36.0 Å². The number of nitrogens with zero attached hydrogens (tertiary/aromatic N) is 1. The quantitative estimate of drug-likeness (QED) is 0.740. The number of aliphatic carboxylic acids is 1. The summed E-state index contributed by atoms with van der Waals surface area (Å²) in [7, 11) is 3.08. The molecule has 0 aliphatic carbocycles. The highest BCUT2D eigenvalue weighted by molar-refractivity contribution is 5.99. The SMILES string of the molecule is COc1ccc(OC)c(C(=O)CCN2CCCC2CC(=O)O)c1. The average molecular weight is 321 g/mol. The van der Waals surface area contributed by atoms with Crippen LogP contribution in [-0.2, 0) is 4.79 Å². The average Bonchev–Trinajstić information content (AvgIpc) is 2.98. The molecule has 6 nitrogen and oxygen atoms in total.